The van der Waals surface area contributed by atoms with E-state index in [1.54, 1.807) is 18.2 Å². The number of piperidine rings is 1. The van der Waals surface area contributed by atoms with Gasteiger partial charge in [0.2, 0.25) is 10.0 Å². The van der Waals surface area contributed by atoms with Crippen molar-refractivity contribution in [3.63, 3.8) is 0 Å². The fourth-order valence-corrected chi connectivity index (χ4v) is 6.03. The Morgan fingerprint density at radius 3 is 2.59 bits per heavy atom. The Labute approximate surface area is 172 Å². The summed E-state index contributed by atoms with van der Waals surface area (Å²) in [6, 6.07) is 11.9. The Kier molecular flexibility index (Phi) is 5.71. The summed E-state index contributed by atoms with van der Waals surface area (Å²) >= 11 is 1.30. The van der Waals surface area contributed by atoms with Gasteiger partial charge in [-0.1, -0.05) is 35.6 Å². The Bertz CT molecular complexity index is 1100. The molecule has 0 N–H and O–H groups in total. The van der Waals surface area contributed by atoms with Crippen LogP contribution in [0.4, 0.5) is 8.78 Å². The van der Waals surface area contributed by atoms with Crippen LogP contribution in [0.1, 0.15) is 29.3 Å². The lowest BCUT2D eigenvalue weighted by atomic mass is 10.0. The second-order valence-electron chi connectivity index (χ2n) is 7.01. The van der Waals surface area contributed by atoms with Gasteiger partial charge in [0.1, 0.15) is 16.6 Å². The number of hydrogen-bond acceptors (Lipinski definition) is 5. The van der Waals surface area contributed by atoms with E-state index in [0.717, 1.165) is 6.42 Å². The number of sulfonamides is 1. The molecule has 0 spiro atoms. The SMILES string of the molecule is O=S(=O)(Cc1ccc(F)cc1)N1CCCC(c2nnc(-c3ccccc3F)s2)C1. The molecule has 5 nitrogen and oxygen atoms in total. The number of benzene rings is 2. The fourth-order valence-electron chi connectivity index (χ4n) is 3.42. The van der Waals surface area contributed by atoms with Crippen LogP contribution in [-0.4, -0.2) is 36.0 Å². The molecule has 2 aromatic carbocycles. The van der Waals surface area contributed by atoms with Crippen LogP contribution in [-0.2, 0) is 15.8 Å². The van der Waals surface area contributed by atoms with E-state index in [1.807, 2.05) is 0 Å². The zero-order valence-corrected chi connectivity index (χ0v) is 17.1. The van der Waals surface area contributed by atoms with Crippen molar-refractivity contribution in [3.05, 3.63) is 70.7 Å². The molecule has 0 bridgehead atoms. The zero-order chi connectivity index (χ0) is 20.4. The van der Waals surface area contributed by atoms with E-state index in [-0.39, 0.29) is 17.5 Å². The molecule has 1 aliphatic heterocycles. The molecule has 29 heavy (non-hydrogen) atoms. The Morgan fingerprint density at radius 1 is 1.07 bits per heavy atom. The van der Waals surface area contributed by atoms with Gasteiger partial charge in [0.25, 0.3) is 0 Å². The predicted octanol–water partition coefficient (Wildman–Crippen LogP) is 4.19. The summed E-state index contributed by atoms with van der Waals surface area (Å²) in [5, 5.41) is 9.52. The highest BCUT2D eigenvalue weighted by molar-refractivity contribution is 7.88. The normalized spacial score (nSPS) is 18.1. The molecule has 9 heteroatoms. The second-order valence-corrected chi connectivity index (χ2v) is 9.98. The largest absolute Gasteiger partial charge is 0.218 e. The van der Waals surface area contributed by atoms with Gasteiger partial charge in [-0.05, 0) is 42.7 Å². The number of nitrogens with zero attached hydrogens (tertiary/aromatic N) is 3. The van der Waals surface area contributed by atoms with E-state index in [2.05, 4.69) is 10.2 Å². The molecule has 0 amide bonds. The van der Waals surface area contributed by atoms with Crippen LogP contribution in [0.2, 0.25) is 0 Å². The van der Waals surface area contributed by atoms with Gasteiger partial charge in [0, 0.05) is 24.6 Å². The van der Waals surface area contributed by atoms with E-state index in [1.165, 1.54) is 46.0 Å². The second kappa shape index (κ2) is 8.25. The molecule has 2 heterocycles. The molecule has 1 unspecified atom stereocenters. The third kappa shape index (κ3) is 4.52. The van der Waals surface area contributed by atoms with Crippen LogP contribution in [0.25, 0.3) is 10.6 Å². The average Bonchev–Trinajstić information content (AvgIpc) is 3.20. The molecule has 1 atom stereocenters. The lowest BCUT2D eigenvalue weighted by Crippen LogP contribution is -2.39. The molecule has 1 saturated heterocycles. The van der Waals surface area contributed by atoms with Gasteiger partial charge in [0.15, 0.2) is 5.01 Å². The van der Waals surface area contributed by atoms with Gasteiger partial charge in [-0.2, -0.15) is 0 Å². The van der Waals surface area contributed by atoms with Crippen LogP contribution in [0.5, 0.6) is 0 Å². The molecule has 0 saturated carbocycles. The molecular weight excluding hydrogens is 416 g/mol. The minimum atomic E-state index is -3.53. The number of rotatable bonds is 5. The lowest BCUT2D eigenvalue weighted by molar-refractivity contribution is 0.314. The molecule has 1 aromatic heterocycles. The monoisotopic (exact) mass is 435 g/mol. The first-order chi connectivity index (χ1) is 13.9. The van der Waals surface area contributed by atoms with Crippen molar-refractivity contribution in [1.29, 1.82) is 0 Å². The van der Waals surface area contributed by atoms with Gasteiger partial charge in [-0.15, -0.1) is 10.2 Å². The number of halogens is 2. The van der Waals surface area contributed by atoms with Gasteiger partial charge in [-0.3, -0.25) is 0 Å². The van der Waals surface area contributed by atoms with Crippen molar-refractivity contribution in [2.24, 2.45) is 0 Å². The van der Waals surface area contributed by atoms with Gasteiger partial charge in [0.05, 0.1) is 5.75 Å². The molecule has 0 radical (unpaired) electrons. The van der Waals surface area contributed by atoms with E-state index in [4.69, 9.17) is 0 Å². The summed E-state index contributed by atoms with van der Waals surface area (Å²) in [5.74, 6) is -1.01. The average molecular weight is 436 g/mol. The van der Waals surface area contributed by atoms with E-state index in [9.17, 15) is 17.2 Å². The quantitative estimate of drug-likeness (QED) is 0.603. The van der Waals surface area contributed by atoms with Crippen molar-refractivity contribution >= 4 is 21.4 Å². The summed E-state index contributed by atoms with van der Waals surface area (Å²) in [7, 11) is -3.53. The molecule has 0 aliphatic carbocycles. The zero-order valence-electron chi connectivity index (χ0n) is 15.5. The van der Waals surface area contributed by atoms with E-state index >= 15 is 0 Å². The van der Waals surface area contributed by atoms with Crippen molar-refractivity contribution in [2.75, 3.05) is 13.1 Å². The van der Waals surface area contributed by atoms with E-state index in [0.29, 0.717) is 40.7 Å². The highest BCUT2D eigenvalue weighted by Gasteiger charge is 2.31. The third-order valence-corrected chi connectivity index (χ3v) is 7.87. The van der Waals surface area contributed by atoms with Crippen molar-refractivity contribution in [2.45, 2.75) is 24.5 Å². The maximum absolute atomic E-state index is 14.0. The summed E-state index contributed by atoms with van der Waals surface area (Å²) in [5.41, 5.74) is 0.944. The predicted molar refractivity (Wildman–Crippen MR) is 108 cm³/mol. The van der Waals surface area contributed by atoms with Crippen molar-refractivity contribution < 1.29 is 17.2 Å². The van der Waals surface area contributed by atoms with Crippen LogP contribution < -0.4 is 0 Å². The molecule has 1 fully saturated rings. The van der Waals surface area contributed by atoms with Gasteiger partial charge in [-0.25, -0.2) is 21.5 Å². The standard InChI is InChI=1S/C20H19F2N3O2S2/c21-16-9-7-14(8-10-16)13-29(26,27)25-11-3-4-15(12-25)19-23-24-20(28-19)17-5-1-2-6-18(17)22/h1-2,5-10,15H,3-4,11-13H2. The molecule has 1 aliphatic rings. The van der Waals surface area contributed by atoms with Crippen molar-refractivity contribution in [3.8, 4) is 10.6 Å². The smallest absolute Gasteiger partial charge is 0.212 e. The molecule has 152 valence electrons. The summed E-state index contributed by atoms with van der Waals surface area (Å²) in [6.45, 7) is 0.758. The number of hydrogen-bond donors (Lipinski definition) is 0. The maximum atomic E-state index is 14.0. The Morgan fingerprint density at radius 2 is 1.83 bits per heavy atom. The number of aromatic nitrogens is 2. The lowest BCUT2D eigenvalue weighted by Gasteiger charge is -2.30. The molecule has 3 aromatic rings. The fraction of sp³-hybridized carbons (Fsp3) is 0.300. The first-order valence-corrected chi connectivity index (χ1v) is 11.7. The Balaban J connectivity index is 1.50. The maximum Gasteiger partial charge on any atom is 0.218 e. The summed E-state index contributed by atoms with van der Waals surface area (Å²) in [6.07, 6.45) is 1.51. The Hall–Kier alpha value is -2.23. The van der Waals surface area contributed by atoms with Crippen molar-refractivity contribution in [1.82, 2.24) is 14.5 Å². The first-order valence-electron chi connectivity index (χ1n) is 9.23. The van der Waals surface area contributed by atoms with Gasteiger partial charge >= 0.3 is 0 Å². The minimum Gasteiger partial charge on any atom is -0.212 e. The molecular formula is C20H19F2N3O2S2. The molecule has 4 rings (SSSR count). The van der Waals surface area contributed by atoms with Crippen LogP contribution in [0.3, 0.4) is 0 Å². The first kappa shape index (κ1) is 20.1. The highest BCUT2D eigenvalue weighted by atomic mass is 32.2. The third-order valence-electron chi connectivity index (χ3n) is 4.93. The topological polar surface area (TPSA) is 63.2 Å². The van der Waals surface area contributed by atoms with E-state index < -0.39 is 15.8 Å². The van der Waals surface area contributed by atoms with Crippen LogP contribution >= 0.6 is 11.3 Å². The van der Waals surface area contributed by atoms with Gasteiger partial charge < -0.3 is 0 Å². The van der Waals surface area contributed by atoms with Crippen LogP contribution in [0.15, 0.2) is 48.5 Å². The highest BCUT2D eigenvalue weighted by Crippen LogP contribution is 2.34. The summed E-state index contributed by atoms with van der Waals surface area (Å²) in [4.78, 5) is 0. The summed E-state index contributed by atoms with van der Waals surface area (Å²) < 4.78 is 54.2. The van der Waals surface area contributed by atoms with Crippen LogP contribution in [0, 0.1) is 11.6 Å². The minimum absolute atomic E-state index is 0.0789.